The Kier molecular flexibility index (Phi) is 3.63. The Morgan fingerprint density at radius 1 is 0.833 bits per heavy atom. The van der Waals surface area contributed by atoms with E-state index in [2.05, 4.69) is 10.3 Å². The molecule has 0 saturated carbocycles. The number of halogens is 1. The highest BCUT2D eigenvalue weighted by molar-refractivity contribution is 5.95. The lowest BCUT2D eigenvalue weighted by Crippen LogP contribution is -1.95. The fourth-order valence-corrected chi connectivity index (χ4v) is 2.67. The van der Waals surface area contributed by atoms with E-state index in [1.54, 1.807) is 18.5 Å². The van der Waals surface area contributed by atoms with Crippen LogP contribution in [-0.4, -0.2) is 9.97 Å². The molecule has 4 aromatic rings. The van der Waals surface area contributed by atoms with Crippen molar-refractivity contribution in [3.05, 3.63) is 84.9 Å². The molecule has 1 N–H and O–H groups in total. The van der Waals surface area contributed by atoms with Crippen LogP contribution in [0.1, 0.15) is 0 Å². The number of hydrogen-bond acceptors (Lipinski definition) is 3. The number of rotatable bonds is 3. The second kappa shape index (κ2) is 6.08. The molecule has 0 atom stereocenters. The van der Waals surface area contributed by atoms with E-state index in [4.69, 9.17) is 4.98 Å². The minimum absolute atomic E-state index is 0.271. The zero-order chi connectivity index (χ0) is 16.4. The van der Waals surface area contributed by atoms with Crippen LogP contribution in [0.2, 0.25) is 0 Å². The van der Waals surface area contributed by atoms with E-state index < -0.39 is 0 Å². The van der Waals surface area contributed by atoms with Crippen molar-refractivity contribution in [2.24, 2.45) is 0 Å². The molecule has 3 nitrogen and oxygen atoms in total. The number of aromatic nitrogens is 2. The van der Waals surface area contributed by atoms with Gasteiger partial charge in [-0.15, -0.1) is 0 Å². The standard InChI is InChI=1S/C20H14FN3/c21-15-4-3-5-16(12-15)23-20-13-19(14-8-10-22-11-9-14)24-18-7-2-1-6-17(18)20/h1-13H,(H,23,24). The van der Waals surface area contributed by atoms with Gasteiger partial charge in [0.05, 0.1) is 16.9 Å². The van der Waals surface area contributed by atoms with Crippen LogP contribution in [-0.2, 0) is 0 Å². The van der Waals surface area contributed by atoms with Crippen LogP contribution in [0, 0.1) is 5.82 Å². The lowest BCUT2D eigenvalue weighted by atomic mass is 10.1. The Hall–Kier alpha value is -3.27. The molecule has 2 aromatic heterocycles. The summed E-state index contributed by atoms with van der Waals surface area (Å²) in [5.74, 6) is -0.271. The highest BCUT2D eigenvalue weighted by Gasteiger charge is 2.08. The van der Waals surface area contributed by atoms with E-state index in [0.29, 0.717) is 5.69 Å². The Balaban J connectivity index is 1.86. The Bertz CT molecular complexity index is 1000. The molecule has 0 unspecified atom stereocenters. The van der Waals surface area contributed by atoms with Crippen molar-refractivity contribution in [1.82, 2.24) is 9.97 Å². The van der Waals surface area contributed by atoms with Crippen LogP contribution < -0.4 is 5.32 Å². The molecule has 4 heteroatoms. The average Bonchev–Trinajstić information content (AvgIpc) is 2.62. The number of anilines is 2. The molecule has 0 aliphatic heterocycles. The monoisotopic (exact) mass is 315 g/mol. The highest BCUT2D eigenvalue weighted by atomic mass is 19.1. The smallest absolute Gasteiger partial charge is 0.125 e. The van der Waals surface area contributed by atoms with Crippen molar-refractivity contribution >= 4 is 22.3 Å². The van der Waals surface area contributed by atoms with Gasteiger partial charge in [-0.25, -0.2) is 9.37 Å². The van der Waals surface area contributed by atoms with Crippen molar-refractivity contribution in [2.45, 2.75) is 0 Å². The maximum absolute atomic E-state index is 13.5. The van der Waals surface area contributed by atoms with E-state index in [1.165, 1.54) is 12.1 Å². The van der Waals surface area contributed by atoms with E-state index in [1.807, 2.05) is 48.5 Å². The normalized spacial score (nSPS) is 10.7. The van der Waals surface area contributed by atoms with Crippen LogP contribution in [0.25, 0.3) is 22.2 Å². The molecule has 0 fully saturated rings. The van der Waals surface area contributed by atoms with Gasteiger partial charge in [-0.2, -0.15) is 0 Å². The molecular weight excluding hydrogens is 301 g/mol. The first-order chi connectivity index (χ1) is 11.8. The van der Waals surface area contributed by atoms with Gasteiger partial charge in [-0.05, 0) is 42.5 Å². The average molecular weight is 315 g/mol. The van der Waals surface area contributed by atoms with Gasteiger partial charge in [-0.1, -0.05) is 24.3 Å². The van der Waals surface area contributed by atoms with Gasteiger partial charge < -0.3 is 5.32 Å². The van der Waals surface area contributed by atoms with Gasteiger partial charge in [0.25, 0.3) is 0 Å². The summed E-state index contributed by atoms with van der Waals surface area (Å²) in [5.41, 5.74) is 4.30. The number of nitrogens with zero attached hydrogens (tertiary/aromatic N) is 2. The Labute approximate surface area is 138 Å². The third-order valence-electron chi connectivity index (χ3n) is 3.80. The van der Waals surface area contributed by atoms with E-state index in [-0.39, 0.29) is 5.82 Å². The fourth-order valence-electron chi connectivity index (χ4n) is 2.67. The summed E-state index contributed by atoms with van der Waals surface area (Å²) in [6.45, 7) is 0. The molecule has 2 heterocycles. The summed E-state index contributed by atoms with van der Waals surface area (Å²) in [4.78, 5) is 8.77. The van der Waals surface area contributed by atoms with Gasteiger partial charge in [0, 0.05) is 29.0 Å². The van der Waals surface area contributed by atoms with Crippen molar-refractivity contribution in [1.29, 1.82) is 0 Å². The SMILES string of the molecule is Fc1cccc(Nc2cc(-c3ccncc3)nc3ccccc23)c1. The summed E-state index contributed by atoms with van der Waals surface area (Å²) in [5, 5.41) is 4.29. The van der Waals surface area contributed by atoms with Crippen LogP contribution >= 0.6 is 0 Å². The summed E-state index contributed by atoms with van der Waals surface area (Å²) < 4.78 is 13.5. The van der Waals surface area contributed by atoms with Crippen LogP contribution in [0.5, 0.6) is 0 Å². The van der Waals surface area contributed by atoms with Crippen molar-refractivity contribution < 1.29 is 4.39 Å². The van der Waals surface area contributed by atoms with E-state index in [9.17, 15) is 4.39 Å². The second-order valence-electron chi connectivity index (χ2n) is 5.44. The first-order valence-corrected chi connectivity index (χ1v) is 7.62. The molecule has 0 bridgehead atoms. The summed E-state index contributed by atoms with van der Waals surface area (Å²) >= 11 is 0. The van der Waals surface area contributed by atoms with Gasteiger partial charge in [0.2, 0.25) is 0 Å². The van der Waals surface area contributed by atoms with Crippen LogP contribution in [0.4, 0.5) is 15.8 Å². The first-order valence-electron chi connectivity index (χ1n) is 7.62. The number of para-hydroxylation sites is 1. The molecule has 2 aromatic carbocycles. The molecular formula is C20H14FN3. The lowest BCUT2D eigenvalue weighted by Gasteiger charge is -2.12. The van der Waals surface area contributed by atoms with E-state index in [0.717, 1.165) is 27.8 Å². The fraction of sp³-hybridized carbons (Fsp3) is 0. The summed E-state index contributed by atoms with van der Waals surface area (Å²) in [6.07, 6.45) is 3.48. The predicted octanol–water partition coefficient (Wildman–Crippen LogP) is 5.18. The first kappa shape index (κ1) is 14.3. The van der Waals surface area contributed by atoms with Gasteiger partial charge in [-0.3, -0.25) is 4.98 Å². The maximum Gasteiger partial charge on any atom is 0.125 e. The molecule has 0 amide bonds. The van der Waals surface area contributed by atoms with Crippen LogP contribution in [0.15, 0.2) is 79.1 Å². The molecule has 24 heavy (non-hydrogen) atoms. The third-order valence-corrected chi connectivity index (χ3v) is 3.80. The second-order valence-corrected chi connectivity index (χ2v) is 5.44. The quantitative estimate of drug-likeness (QED) is 0.566. The molecule has 0 aliphatic rings. The molecule has 0 spiro atoms. The minimum atomic E-state index is -0.271. The molecule has 0 aliphatic carbocycles. The number of hydrogen-bond donors (Lipinski definition) is 1. The molecule has 4 rings (SSSR count). The Morgan fingerprint density at radius 2 is 1.67 bits per heavy atom. The van der Waals surface area contributed by atoms with Crippen molar-refractivity contribution in [2.75, 3.05) is 5.32 Å². The highest BCUT2D eigenvalue weighted by Crippen LogP contribution is 2.30. The zero-order valence-corrected chi connectivity index (χ0v) is 12.8. The van der Waals surface area contributed by atoms with Gasteiger partial charge in [0.15, 0.2) is 0 Å². The van der Waals surface area contributed by atoms with Crippen LogP contribution in [0.3, 0.4) is 0 Å². The third kappa shape index (κ3) is 2.82. The number of fused-ring (bicyclic) bond motifs is 1. The summed E-state index contributed by atoms with van der Waals surface area (Å²) in [7, 11) is 0. The molecule has 116 valence electrons. The Morgan fingerprint density at radius 3 is 2.50 bits per heavy atom. The lowest BCUT2D eigenvalue weighted by molar-refractivity contribution is 0.628. The van der Waals surface area contributed by atoms with Gasteiger partial charge >= 0.3 is 0 Å². The summed E-state index contributed by atoms with van der Waals surface area (Å²) in [6, 6.07) is 20.1. The molecule has 0 saturated heterocycles. The largest absolute Gasteiger partial charge is 0.355 e. The molecule has 0 radical (unpaired) electrons. The number of nitrogens with one attached hydrogen (secondary N) is 1. The topological polar surface area (TPSA) is 37.8 Å². The number of pyridine rings is 2. The minimum Gasteiger partial charge on any atom is -0.355 e. The van der Waals surface area contributed by atoms with Gasteiger partial charge in [0.1, 0.15) is 5.82 Å². The number of benzene rings is 2. The van der Waals surface area contributed by atoms with Crippen molar-refractivity contribution in [3.8, 4) is 11.3 Å². The van der Waals surface area contributed by atoms with E-state index >= 15 is 0 Å². The maximum atomic E-state index is 13.5. The predicted molar refractivity (Wildman–Crippen MR) is 94.7 cm³/mol. The van der Waals surface area contributed by atoms with Crippen molar-refractivity contribution in [3.63, 3.8) is 0 Å². The zero-order valence-electron chi connectivity index (χ0n) is 12.8.